The van der Waals surface area contributed by atoms with Crippen LogP contribution in [0.1, 0.15) is 11.4 Å². The van der Waals surface area contributed by atoms with Gasteiger partial charge in [0.2, 0.25) is 0 Å². The number of rotatable bonds is 5. The highest BCUT2D eigenvalue weighted by Gasteiger charge is 2.05. The van der Waals surface area contributed by atoms with Gasteiger partial charge in [0.05, 0.1) is 6.54 Å². The maximum Gasteiger partial charge on any atom is 0.146 e. The van der Waals surface area contributed by atoms with Crippen molar-refractivity contribution in [3.05, 3.63) is 48.0 Å². The van der Waals surface area contributed by atoms with Crippen LogP contribution < -0.4 is 0 Å². The molecule has 0 radical (unpaired) electrons. The summed E-state index contributed by atoms with van der Waals surface area (Å²) < 4.78 is 1.96. The van der Waals surface area contributed by atoms with Gasteiger partial charge >= 0.3 is 0 Å². The van der Waals surface area contributed by atoms with Crippen LogP contribution in [0.15, 0.2) is 36.7 Å². The third-order valence-corrected chi connectivity index (χ3v) is 2.84. The smallest absolute Gasteiger partial charge is 0.146 e. The lowest BCUT2D eigenvalue weighted by Crippen LogP contribution is -2.22. The second-order valence-corrected chi connectivity index (χ2v) is 4.33. The number of hydrogen-bond donors (Lipinski definition) is 0. The molecule has 1 aromatic carbocycles. The Balaban J connectivity index is 1.82. The van der Waals surface area contributed by atoms with E-state index in [0.29, 0.717) is 0 Å². The van der Waals surface area contributed by atoms with E-state index in [1.807, 2.05) is 17.7 Å². The van der Waals surface area contributed by atoms with Gasteiger partial charge in [0.25, 0.3) is 0 Å². The zero-order valence-corrected chi connectivity index (χ0v) is 10.4. The Hall–Kier alpha value is -1.68. The summed E-state index contributed by atoms with van der Waals surface area (Å²) in [6.07, 6.45) is 2.80. The Labute approximate surface area is 102 Å². The first-order valence-electron chi connectivity index (χ1n) is 5.81. The van der Waals surface area contributed by atoms with Gasteiger partial charge in [0, 0.05) is 13.6 Å². The summed E-state index contributed by atoms with van der Waals surface area (Å²) in [5.41, 5.74) is 1.37. The summed E-state index contributed by atoms with van der Waals surface area (Å²) in [6, 6.07) is 10.5. The first-order chi connectivity index (χ1) is 8.25. The molecule has 0 saturated carbocycles. The van der Waals surface area contributed by atoms with Crippen molar-refractivity contribution in [3.8, 4) is 0 Å². The largest absolute Gasteiger partial charge is 0.320 e. The molecule has 0 aliphatic heterocycles. The van der Waals surface area contributed by atoms with Crippen molar-refractivity contribution >= 4 is 0 Å². The number of aryl methyl sites for hydroxylation is 1. The van der Waals surface area contributed by atoms with Crippen molar-refractivity contribution in [3.63, 3.8) is 0 Å². The summed E-state index contributed by atoms with van der Waals surface area (Å²) in [4.78, 5) is 2.26. The quantitative estimate of drug-likeness (QED) is 0.780. The minimum absolute atomic E-state index is 0.837. The van der Waals surface area contributed by atoms with E-state index < -0.39 is 0 Å². The molecule has 0 aliphatic carbocycles. The Kier molecular flexibility index (Phi) is 3.88. The first kappa shape index (κ1) is 11.8. The van der Waals surface area contributed by atoms with Crippen LogP contribution in [0.5, 0.6) is 0 Å². The molecule has 0 amide bonds. The van der Waals surface area contributed by atoms with Crippen LogP contribution in [0.25, 0.3) is 0 Å². The Bertz CT molecular complexity index is 449. The van der Waals surface area contributed by atoms with E-state index in [-0.39, 0.29) is 0 Å². The monoisotopic (exact) mass is 230 g/mol. The van der Waals surface area contributed by atoms with Gasteiger partial charge in [-0.3, -0.25) is 4.90 Å². The van der Waals surface area contributed by atoms with Crippen molar-refractivity contribution in [1.82, 2.24) is 19.7 Å². The van der Waals surface area contributed by atoms with Gasteiger partial charge in [-0.1, -0.05) is 30.3 Å². The van der Waals surface area contributed by atoms with Crippen LogP contribution in [0, 0.1) is 0 Å². The van der Waals surface area contributed by atoms with Gasteiger partial charge in [-0.05, 0) is 19.0 Å². The Morgan fingerprint density at radius 3 is 2.65 bits per heavy atom. The average molecular weight is 230 g/mol. The van der Waals surface area contributed by atoms with Crippen LogP contribution >= 0.6 is 0 Å². The third kappa shape index (κ3) is 3.39. The molecule has 0 fully saturated rings. The predicted octanol–water partition coefficient (Wildman–Crippen LogP) is 1.49. The zero-order valence-electron chi connectivity index (χ0n) is 10.4. The molecule has 1 heterocycles. The minimum Gasteiger partial charge on any atom is -0.320 e. The average Bonchev–Trinajstić information content (AvgIpc) is 2.74. The summed E-state index contributed by atoms with van der Waals surface area (Å²) in [5, 5.41) is 7.96. The summed E-state index contributed by atoms with van der Waals surface area (Å²) in [6.45, 7) is 1.86. The number of likely N-dealkylation sites (N-methyl/N-ethyl adjacent to an activating group) is 1. The van der Waals surface area contributed by atoms with E-state index in [9.17, 15) is 0 Å². The van der Waals surface area contributed by atoms with E-state index in [1.54, 1.807) is 6.33 Å². The minimum atomic E-state index is 0.837. The van der Waals surface area contributed by atoms with Crippen LogP contribution in [-0.2, 0) is 20.0 Å². The molecule has 4 nitrogen and oxygen atoms in total. The van der Waals surface area contributed by atoms with Crippen LogP contribution in [0.2, 0.25) is 0 Å². The lowest BCUT2D eigenvalue weighted by atomic mass is 10.1. The number of hydrogen-bond acceptors (Lipinski definition) is 3. The standard InChI is InChI=1S/C13H18N4/c1-16(10-13-15-14-11-17(13)2)9-8-12-6-4-3-5-7-12/h3-7,11H,8-10H2,1-2H3. The highest BCUT2D eigenvalue weighted by molar-refractivity contribution is 5.14. The van der Waals surface area contributed by atoms with Gasteiger partial charge in [-0.2, -0.15) is 0 Å². The molecule has 0 spiro atoms. The van der Waals surface area contributed by atoms with Crippen molar-refractivity contribution < 1.29 is 0 Å². The van der Waals surface area contributed by atoms with E-state index in [0.717, 1.165) is 25.3 Å². The molecule has 4 heteroatoms. The SMILES string of the molecule is CN(CCc1ccccc1)Cc1nncn1C. The van der Waals surface area contributed by atoms with Gasteiger partial charge < -0.3 is 4.57 Å². The molecule has 0 bridgehead atoms. The van der Waals surface area contributed by atoms with Crippen molar-refractivity contribution in [2.75, 3.05) is 13.6 Å². The molecule has 0 aliphatic rings. The predicted molar refractivity (Wildman–Crippen MR) is 67.5 cm³/mol. The first-order valence-corrected chi connectivity index (χ1v) is 5.81. The normalized spacial score (nSPS) is 11.0. The van der Waals surface area contributed by atoms with Crippen LogP contribution in [0.3, 0.4) is 0 Å². The molecular weight excluding hydrogens is 212 g/mol. The molecular formula is C13H18N4. The van der Waals surface area contributed by atoms with E-state index in [4.69, 9.17) is 0 Å². The molecule has 0 atom stereocenters. The van der Waals surface area contributed by atoms with Gasteiger partial charge in [0.15, 0.2) is 0 Å². The van der Waals surface area contributed by atoms with E-state index >= 15 is 0 Å². The molecule has 2 aromatic rings. The van der Waals surface area contributed by atoms with Gasteiger partial charge in [-0.15, -0.1) is 10.2 Å². The van der Waals surface area contributed by atoms with Crippen LogP contribution in [-0.4, -0.2) is 33.3 Å². The second kappa shape index (κ2) is 5.59. The fourth-order valence-corrected chi connectivity index (χ4v) is 1.74. The maximum absolute atomic E-state index is 4.08. The molecule has 0 unspecified atom stereocenters. The summed E-state index contributed by atoms with van der Waals surface area (Å²) >= 11 is 0. The number of nitrogens with zero attached hydrogens (tertiary/aromatic N) is 4. The van der Waals surface area contributed by atoms with Crippen LogP contribution in [0.4, 0.5) is 0 Å². The highest BCUT2D eigenvalue weighted by Crippen LogP contribution is 2.03. The van der Waals surface area contributed by atoms with Crippen molar-refractivity contribution in [2.45, 2.75) is 13.0 Å². The number of aromatic nitrogens is 3. The topological polar surface area (TPSA) is 34.0 Å². The van der Waals surface area contributed by atoms with E-state index in [2.05, 4.69) is 46.4 Å². The Morgan fingerprint density at radius 2 is 2.00 bits per heavy atom. The maximum atomic E-state index is 4.08. The molecule has 0 N–H and O–H groups in total. The summed E-state index contributed by atoms with van der Waals surface area (Å²) in [7, 11) is 4.08. The lowest BCUT2D eigenvalue weighted by Gasteiger charge is -2.15. The number of benzene rings is 1. The molecule has 90 valence electrons. The fraction of sp³-hybridized carbons (Fsp3) is 0.385. The van der Waals surface area contributed by atoms with Crippen molar-refractivity contribution in [2.24, 2.45) is 7.05 Å². The second-order valence-electron chi connectivity index (χ2n) is 4.33. The Morgan fingerprint density at radius 1 is 1.24 bits per heavy atom. The van der Waals surface area contributed by atoms with Crippen molar-refractivity contribution in [1.29, 1.82) is 0 Å². The summed E-state index contributed by atoms with van der Waals surface area (Å²) in [5.74, 6) is 1.00. The highest BCUT2D eigenvalue weighted by atomic mass is 15.3. The third-order valence-electron chi connectivity index (χ3n) is 2.84. The zero-order chi connectivity index (χ0) is 12.1. The lowest BCUT2D eigenvalue weighted by molar-refractivity contribution is 0.318. The molecule has 17 heavy (non-hydrogen) atoms. The molecule has 2 rings (SSSR count). The van der Waals surface area contributed by atoms with E-state index in [1.165, 1.54) is 5.56 Å². The fourth-order valence-electron chi connectivity index (χ4n) is 1.74. The van der Waals surface area contributed by atoms with Gasteiger partial charge in [-0.25, -0.2) is 0 Å². The molecule has 0 saturated heterocycles. The molecule has 1 aromatic heterocycles. The van der Waals surface area contributed by atoms with Gasteiger partial charge in [0.1, 0.15) is 12.2 Å².